The van der Waals surface area contributed by atoms with Crippen LogP contribution >= 0.6 is 0 Å². The molecule has 0 spiro atoms. The Morgan fingerprint density at radius 3 is 2.80 bits per heavy atom. The second kappa shape index (κ2) is 4.54. The van der Waals surface area contributed by atoms with Crippen molar-refractivity contribution in [3.8, 4) is 0 Å². The molecule has 0 aliphatic rings. The average molecular weight is 149 g/mol. The highest BCUT2D eigenvalue weighted by Crippen LogP contribution is 1.89. The Morgan fingerprint density at radius 2 is 2.40 bits per heavy atom. The Kier molecular flexibility index (Phi) is 3.94. The van der Waals surface area contributed by atoms with Crippen LogP contribution in [0.3, 0.4) is 0 Å². The van der Waals surface area contributed by atoms with Gasteiger partial charge in [0.05, 0.1) is 0 Å². The molecule has 0 saturated heterocycles. The zero-order valence-corrected chi connectivity index (χ0v) is 5.35. The van der Waals surface area contributed by atoms with Crippen LogP contribution in [-0.4, -0.2) is 24.3 Å². The van der Waals surface area contributed by atoms with Crippen molar-refractivity contribution < 1.29 is 19.5 Å². The maximum atomic E-state index is 9.61. The number of rotatable bonds is 5. The van der Waals surface area contributed by atoms with Crippen LogP contribution in [0.5, 0.6) is 0 Å². The summed E-state index contributed by atoms with van der Waals surface area (Å²) in [6.45, 7) is 1.52. The van der Waals surface area contributed by atoms with E-state index in [9.17, 15) is 14.9 Å². The summed E-state index contributed by atoms with van der Waals surface area (Å²) in [6.07, 6.45) is -0.708. The first kappa shape index (κ1) is 8.67. The van der Waals surface area contributed by atoms with Crippen molar-refractivity contribution in [1.29, 1.82) is 0 Å². The van der Waals surface area contributed by atoms with Crippen LogP contribution in [0, 0.1) is 10.1 Å². The van der Waals surface area contributed by atoms with Crippen LogP contribution in [0.4, 0.5) is 0 Å². The minimum absolute atomic E-state index is 0.107. The second-order valence-corrected chi connectivity index (χ2v) is 1.57. The van der Waals surface area contributed by atoms with Gasteiger partial charge < -0.3 is 9.57 Å². The van der Waals surface area contributed by atoms with Crippen molar-refractivity contribution in [2.75, 3.05) is 6.61 Å². The summed E-state index contributed by atoms with van der Waals surface area (Å²) < 4.78 is 4.19. The van der Waals surface area contributed by atoms with Gasteiger partial charge in [0, 0.05) is 0 Å². The smallest absolute Gasteiger partial charge is 0.294 e. The van der Waals surface area contributed by atoms with Crippen LogP contribution < -0.4 is 0 Å². The van der Waals surface area contributed by atoms with Crippen LogP contribution in [0.1, 0.15) is 6.92 Å². The first-order valence-corrected chi connectivity index (χ1v) is 2.53. The molecule has 0 aliphatic heterocycles. The molecule has 1 atom stereocenters. The second-order valence-electron chi connectivity index (χ2n) is 1.57. The van der Waals surface area contributed by atoms with E-state index in [-0.39, 0.29) is 13.1 Å². The SMILES string of the molecule is CC(COC=O)O[N+](=O)[O-]. The van der Waals surface area contributed by atoms with Crippen molar-refractivity contribution >= 4 is 6.47 Å². The fourth-order valence-corrected chi connectivity index (χ4v) is 0.352. The summed E-state index contributed by atoms with van der Waals surface area (Å²) in [7, 11) is 0. The number of carbonyl (C=O) groups excluding carboxylic acids is 1. The zero-order chi connectivity index (χ0) is 7.98. The summed E-state index contributed by atoms with van der Waals surface area (Å²) in [5, 5.41) is 8.68. The molecule has 0 fully saturated rings. The topological polar surface area (TPSA) is 78.7 Å². The third-order valence-electron chi connectivity index (χ3n) is 0.665. The molecule has 0 aromatic heterocycles. The van der Waals surface area contributed by atoms with Gasteiger partial charge in [-0.2, -0.15) is 0 Å². The Morgan fingerprint density at radius 1 is 1.80 bits per heavy atom. The molecule has 0 amide bonds. The van der Waals surface area contributed by atoms with E-state index in [2.05, 4.69) is 9.57 Å². The number of ether oxygens (including phenoxy) is 1. The van der Waals surface area contributed by atoms with Gasteiger partial charge in [0.25, 0.3) is 11.6 Å². The fourth-order valence-electron chi connectivity index (χ4n) is 0.352. The summed E-state index contributed by atoms with van der Waals surface area (Å²) in [6, 6.07) is 0. The maximum absolute atomic E-state index is 9.61. The summed E-state index contributed by atoms with van der Waals surface area (Å²) in [5.74, 6) is 0. The average Bonchev–Trinajstić information content (AvgIpc) is 1.82. The first-order valence-electron chi connectivity index (χ1n) is 2.53. The summed E-state index contributed by atoms with van der Waals surface area (Å²) in [4.78, 5) is 23.2. The van der Waals surface area contributed by atoms with Gasteiger partial charge in [0.15, 0.2) is 0 Å². The van der Waals surface area contributed by atoms with Gasteiger partial charge in [-0.1, -0.05) is 0 Å². The van der Waals surface area contributed by atoms with Gasteiger partial charge in [-0.15, -0.1) is 10.1 Å². The van der Waals surface area contributed by atoms with E-state index in [1.807, 2.05) is 0 Å². The lowest BCUT2D eigenvalue weighted by molar-refractivity contribution is -0.767. The van der Waals surface area contributed by atoms with Gasteiger partial charge in [0.1, 0.15) is 12.7 Å². The van der Waals surface area contributed by atoms with Gasteiger partial charge in [-0.3, -0.25) is 4.79 Å². The molecular formula is C4H7NO5. The normalized spacial score (nSPS) is 11.7. The van der Waals surface area contributed by atoms with Crippen molar-refractivity contribution in [2.24, 2.45) is 0 Å². The van der Waals surface area contributed by atoms with Gasteiger partial charge in [-0.05, 0) is 6.92 Å². The molecule has 10 heavy (non-hydrogen) atoms. The molecule has 0 rings (SSSR count). The monoisotopic (exact) mass is 149 g/mol. The molecular weight excluding hydrogens is 142 g/mol. The zero-order valence-electron chi connectivity index (χ0n) is 5.35. The largest absolute Gasteiger partial charge is 0.466 e. The summed E-state index contributed by atoms with van der Waals surface area (Å²) >= 11 is 0. The predicted molar refractivity (Wildman–Crippen MR) is 29.6 cm³/mol. The number of hydrogen-bond donors (Lipinski definition) is 0. The van der Waals surface area contributed by atoms with Crippen molar-refractivity contribution in [3.05, 3.63) is 10.1 Å². The van der Waals surface area contributed by atoms with Crippen molar-refractivity contribution in [2.45, 2.75) is 13.0 Å². The molecule has 0 saturated carbocycles. The van der Waals surface area contributed by atoms with Crippen LogP contribution in [0.2, 0.25) is 0 Å². The van der Waals surface area contributed by atoms with E-state index in [1.165, 1.54) is 6.92 Å². The molecule has 0 aliphatic carbocycles. The lowest BCUT2D eigenvalue weighted by Crippen LogP contribution is -2.18. The quantitative estimate of drug-likeness (QED) is 0.306. The van der Waals surface area contributed by atoms with E-state index in [0.29, 0.717) is 0 Å². The minimum Gasteiger partial charge on any atom is -0.466 e. The predicted octanol–water partition coefficient (Wildman–Crippen LogP) is -0.244. The first-order chi connectivity index (χ1) is 4.66. The molecule has 58 valence electrons. The molecule has 0 heterocycles. The van der Waals surface area contributed by atoms with E-state index >= 15 is 0 Å². The highest BCUT2D eigenvalue weighted by atomic mass is 17.0. The third kappa shape index (κ3) is 4.82. The van der Waals surface area contributed by atoms with Crippen LogP contribution in [-0.2, 0) is 14.4 Å². The third-order valence-corrected chi connectivity index (χ3v) is 0.665. The minimum atomic E-state index is -0.932. The molecule has 0 aromatic rings. The van der Waals surface area contributed by atoms with E-state index in [1.54, 1.807) is 0 Å². The van der Waals surface area contributed by atoms with Crippen LogP contribution in [0.15, 0.2) is 0 Å². The molecule has 6 heteroatoms. The van der Waals surface area contributed by atoms with Crippen molar-refractivity contribution in [1.82, 2.24) is 0 Å². The van der Waals surface area contributed by atoms with E-state index in [0.717, 1.165) is 0 Å². The molecule has 0 radical (unpaired) electrons. The standard InChI is InChI=1S/C4H7NO5/c1-4(2-9-3-6)10-5(7)8/h3-4H,2H2,1H3. The van der Waals surface area contributed by atoms with Crippen molar-refractivity contribution in [3.63, 3.8) is 0 Å². The molecule has 6 nitrogen and oxygen atoms in total. The lowest BCUT2D eigenvalue weighted by Gasteiger charge is -2.05. The number of nitrogens with zero attached hydrogens (tertiary/aromatic N) is 1. The Hall–Kier alpha value is -1.33. The van der Waals surface area contributed by atoms with Crippen LogP contribution in [0.25, 0.3) is 0 Å². The molecule has 0 aromatic carbocycles. The lowest BCUT2D eigenvalue weighted by atomic mass is 10.4. The molecule has 0 N–H and O–H groups in total. The highest BCUT2D eigenvalue weighted by Gasteiger charge is 2.05. The summed E-state index contributed by atoms with van der Waals surface area (Å²) in [5.41, 5.74) is 0. The van der Waals surface area contributed by atoms with E-state index in [4.69, 9.17) is 0 Å². The fraction of sp³-hybridized carbons (Fsp3) is 0.750. The van der Waals surface area contributed by atoms with Gasteiger partial charge in [-0.25, -0.2) is 0 Å². The Balaban J connectivity index is 3.33. The van der Waals surface area contributed by atoms with Gasteiger partial charge in [0.2, 0.25) is 0 Å². The molecule has 1 unspecified atom stereocenters. The Bertz CT molecular complexity index is 125. The highest BCUT2D eigenvalue weighted by molar-refractivity contribution is 5.36. The molecule has 0 bridgehead atoms. The maximum Gasteiger partial charge on any atom is 0.294 e. The Labute approximate surface area is 56.8 Å². The van der Waals surface area contributed by atoms with E-state index < -0.39 is 11.2 Å². The number of carbonyl (C=O) groups is 1. The number of hydrogen-bond acceptors (Lipinski definition) is 5. The van der Waals surface area contributed by atoms with Gasteiger partial charge >= 0.3 is 0 Å².